The smallest absolute Gasteiger partial charge is 0.347 e. The normalized spacial score (nSPS) is 17.7. The van der Waals surface area contributed by atoms with Crippen molar-refractivity contribution in [3.63, 3.8) is 0 Å². The average Bonchev–Trinajstić information content (AvgIpc) is 3.07. The Morgan fingerprint density at radius 3 is 1.95 bits per heavy atom. The number of benzene rings is 1. The van der Waals surface area contributed by atoms with E-state index >= 15 is 0 Å². The molecule has 3 N–H and O–H groups in total. The predicted molar refractivity (Wildman–Crippen MR) is 67.7 cm³/mol. The van der Waals surface area contributed by atoms with Gasteiger partial charge in [0, 0.05) is 11.1 Å². The van der Waals surface area contributed by atoms with Crippen LogP contribution in [0.2, 0.25) is 0 Å². The molecule has 0 spiro atoms. The number of alkyl halides is 3. The van der Waals surface area contributed by atoms with Crippen LogP contribution in [0.5, 0.6) is 0 Å². The van der Waals surface area contributed by atoms with Gasteiger partial charge in [0.25, 0.3) is 5.91 Å². The fourth-order valence-corrected chi connectivity index (χ4v) is 1.80. The molecule has 1 aromatic carbocycles. The summed E-state index contributed by atoms with van der Waals surface area (Å²) in [6.45, 7) is 5.49. The Kier molecular flexibility index (Phi) is 3.30. The Bertz CT molecular complexity index is 513. The average molecular weight is 287 g/mol. The summed E-state index contributed by atoms with van der Waals surface area (Å²) in [6, 6.07) is 5.34. The summed E-state index contributed by atoms with van der Waals surface area (Å²) in [5, 5.41) is 2.75. The van der Waals surface area contributed by atoms with E-state index in [1.54, 1.807) is 0 Å². The lowest BCUT2D eigenvalue weighted by Gasteiger charge is -2.21. The first kappa shape index (κ1) is 14.8. The summed E-state index contributed by atoms with van der Waals surface area (Å²) in [5.74, 6) is -0.318. The first-order chi connectivity index (χ1) is 9.05. The van der Waals surface area contributed by atoms with Crippen molar-refractivity contribution >= 4 is 5.91 Å². The zero-order chi connectivity index (χ0) is 15.2. The molecule has 1 aliphatic rings. The van der Waals surface area contributed by atoms with Gasteiger partial charge in [0.15, 0.2) is 0 Å². The number of carbonyl (C=O) groups excluding carboxylic acids is 1. The maximum atomic E-state index is 12.9. The van der Waals surface area contributed by atoms with E-state index in [0.717, 1.165) is 0 Å². The highest BCUT2D eigenvalue weighted by Gasteiger charge is 2.65. The van der Waals surface area contributed by atoms with E-state index in [1.807, 2.05) is 20.8 Å². The molecule has 1 fully saturated rings. The van der Waals surface area contributed by atoms with Crippen molar-refractivity contribution < 1.29 is 18.0 Å². The molecule has 1 aromatic rings. The van der Waals surface area contributed by atoms with Crippen LogP contribution in [-0.2, 0) is 5.66 Å². The van der Waals surface area contributed by atoms with Gasteiger partial charge in [-0.3, -0.25) is 4.79 Å². The van der Waals surface area contributed by atoms with E-state index in [2.05, 4.69) is 16.2 Å². The molecule has 1 aliphatic heterocycles. The first-order valence-corrected chi connectivity index (χ1v) is 6.09. The van der Waals surface area contributed by atoms with E-state index in [9.17, 15) is 18.0 Å². The van der Waals surface area contributed by atoms with Gasteiger partial charge in [0.05, 0.1) is 0 Å². The predicted octanol–water partition coefficient (Wildman–Crippen LogP) is 2.04. The van der Waals surface area contributed by atoms with Crippen molar-refractivity contribution in [2.75, 3.05) is 0 Å². The molecule has 7 heteroatoms. The number of halogens is 3. The van der Waals surface area contributed by atoms with Crippen molar-refractivity contribution in [3.05, 3.63) is 35.4 Å². The van der Waals surface area contributed by atoms with E-state index in [0.29, 0.717) is 5.56 Å². The second kappa shape index (κ2) is 4.46. The maximum absolute atomic E-state index is 12.9. The second-order valence-corrected chi connectivity index (χ2v) is 5.78. The second-order valence-electron chi connectivity index (χ2n) is 5.78. The molecule has 0 aliphatic carbocycles. The minimum absolute atomic E-state index is 0.0253. The largest absolute Gasteiger partial charge is 0.426 e. The lowest BCUT2D eigenvalue weighted by molar-refractivity contribution is -0.165. The molecule has 0 radical (unpaired) electrons. The summed E-state index contributed by atoms with van der Waals surface area (Å²) in [5.41, 5.74) is 1.99. The summed E-state index contributed by atoms with van der Waals surface area (Å²) in [7, 11) is 0. The van der Waals surface area contributed by atoms with Crippen molar-refractivity contribution in [2.45, 2.75) is 38.1 Å². The maximum Gasteiger partial charge on any atom is 0.426 e. The minimum Gasteiger partial charge on any atom is -0.347 e. The summed E-state index contributed by atoms with van der Waals surface area (Å²) in [6.07, 6.45) is -4.44. The fraction of sp³-hybridized carbons (Fsp3) is 0.462. The number of amides is 1. The van der Waals surface area contributed by atoms with Gasteiger partial charge in [-0.05, 0) is 38.5 Å². The fourth-order valence-electron chi connectivity index (χ4n) is 1.80. The lowest BCUT2D eigenvalue weighted by atomic mass is 10.0. The standard InChI is InChI=1S/C13H16F3N3O/c1-11(2,3)17-10(20)8-4-6-9(7-5-8)12(18-19-12)13(14,15)16/h4-7,18-19H,1-3H3,(H,17,20). The van der Waals surface area contributed by atoms with Gasteiger partial charge < -0.3 is 5.32 Å². The molecule has 1 amide bonds. The van der Waals surface area contributed by atoms with Gasteiger partial charge in [-0.15, -0.1) is 0 Å². The van der Waals surface area contributed by atoms with Crippen LogP contribution in [0.4, 0.5) is 13.2 Å². The van der Waals surface area contributed by atoms with Crippen LogP contribution >= 0.6 is 0 Å². The van der Waals surface area contributed by atoms with Gasteiger partial charge in [0.1, 0.15) is 0 Å². The number of hydrogen-bond donors (Lipinski definition) is 3. The van der Waals surface area contributed by atoms with Crippen LogP contribution in [0.25, 0.3) is 0 Å². The number of carbonyl (C=O) groups is 1. The molecular weight excluding hydrogens is 271 g/mol. The zero-order valence-corrected chi connectivity index (χ0v) is 11.4. The molecule has 1 heterocycles. The number of rotatable bonds is 2. The summed E-state index contributed by atoms with van der Waals surface area (Å²) in [4.78, 5) is 11.9. The topological polar surface area (TPSA) is 73.0 Å². The SMILES string of the molecule is CC(C)(C)NC(=O)c1ccc(C2(C(F)(F)F)NN2)cc1. The molecule has 0 saturated carbocycles. The molecule has 0 unspecified atom stereocenters. The lowest BCUT2D eigenvalue weighted by Crippen LogP contribution is -2.40. The third-order valence-electron chi connectivity index (χ3n) is 2.87. The molecule has 20 heavy (non-hydrogen) atoms. The highest BCUT2D eigenvalue weighted by molar-refractivity contribution is 5.94. The molecule has 1 saturated heterocycles. The third-order valence-corrected chi connectivity index (χ3v) is 2.87. The van der Waals surface area contributed by atoms with Crippen molar-refractivity contribution in [2.24, 2.45) is 0 Å². The number of hydrazine groups is 1. The number of hydrogen-bond acceptors (Lipinski definition) is 3. The Balaban J connectivity index is 2.18. The monoisotopic (exact) mass is 287 g/mol. The summed E-state index contributed by atoms with van der Waals surface area (Å²) < 4.78 is 38.6. The number of nitrogens with one attached hydrogen (secondary N) is 3. The highest BCUT2D eigenvalue weighted by Crippen LogP contribution is 2.41. The Hall–Kier alpha value is -1.60. The van der Waals surface area contributed by atoms with Gasteiger partial charge >= 0.3 is 6.18 Å². The van der Waals surface area contributed by atoms with Crippen LogP contribution in [0.1, 0.15) is 36.7 Å². The first-order valence-electron chi connectivity index (χ1n) is 6.09. The van der Waals surface area contributed by atoms with Crippen LogP contribution in [0, 0.1) is 0 Å². The van der Waals surface area contributed by atoms with Crippen molar-refractivity contribution in [1.82, 2.24) is 16.2 Å². The van der Waals surface area contributed by atoms with Crippen LogP contribution in [0.3, 0.4) is 0 Å². The van der Waals surface area contributed by atoms with Crippen molar-refractivity contribution in [1.29, 1.82) is 0 Å². The van der Waals surface area contributed by atoms with Gasteiger partial charge in [-0.2, -0.15) is 13.2 Å². The Morgan fingerprint density at radius 2 is 1.60 bits per heavy atom. The van der Waals surface area contributed by atoms with Gasteiger partial charge in [-0.25, -0.2) is 10.9 Å². The highest BCUT2D eigenvalue weighted by atomic mass is 19.4. The van der Waals surface area contributed by atoms with Crippen molar-refractivity contribution in [3.8, 4) is 0 Å². The molecular formula is C13H16F3N3O. The van der Waals surface area contributed by atoms with E-state index in [-0.39, 0.29) is 11.5 Å². The van der Waals surface area contributed by atoms with Gasteiger partial charge in [0.2, 0.25) is 5.66 Å². The van der Waals surface area contributed by atoms with Crippen LogP contribution < -0.4 is 16.2 Å². The summed E-state index contributed by atoms with van der Waals surface area (Å²) >= 11 is 0. The van der Waals surface area contributed by atoms with Gasteiger partial charge in [-0.1, -0.05) is 12.1 Å². The molecule has 110 valence electrons. The Morgan fingerprint density at radius 1 is 1.10 bits per heavy atom. The molecule has 2 rings (SSSR count). The van der Waals surface area contributed by atoms with E-state index in [4.69, 9.17) is 0 Å². The van der Waals surface area contributed by atoms with Crippen LogP contribution in [-0.4, -0.2) is 17.6 Å². The van der Waals surface area contributed by atoms with Crippen LogP contribution in [0.15, 0.2) is 24.3 Å². The van der Waals surface area contributed by atoms with E-state index < -0.39 is 17.4 Å². The molecule has 0 bridgehead atoms. The molecule has 0 aromatic heterocycles. The minimum atomic E-state index is -4.44. The quantitative estimate of drug-likeness (QED) is 0.729. The zero-order valence-electron chi connectivity index (χ0n) is 11.4. The molecule has 4 nitrogen and oxygen atoms in total. The third kappa shape index (κ3) is 2.78. The Labute approximate surface area is 114 Å². The van der Waals surface area contributed by atoms with E-state index in [1.165, 1.54) is 24.3 Å². The molecule has 0 atom stereocenters.